The van der Waals surface area contributed by atoms with Crippen LogP contribution in [0.5, 0.6) is 0 Å². The van der Waals surface area contributed by atoms with E-state index in [1.165, 1.54) is 5.56 Å². The number of rotatable bonds is 4. The van der Waals surface area contributed by atoms with Gasteiger partial charge >= 0.3 is 0 Å². The van der Waals surface area contributed by atoms with Gasteiger partial charge in [-0.1, -0.05) is 20.8 Å². The van der Waals surface area contributed by atoms with E-state index in [-0.39, 0.29) is 5.41 Å². The summed E-state index contributed by atoms with van der Waals surface area (Å²) >= 11 is 0. The van der Waals surface area contributed by atoms with Gasteiger partial charge in [-0.25, -0.2) is 4.98 Å². The third-order valence-electron chi connectivity index (χ3n) is 3.29. The molecule has 0 aromatic carbocycles. The predicted octanol–water partition coefficient (Wildman–Crippen LogP) is 2.79. The van der Waals surface area contributed by atoms with Crippen LogP contribution in [-0.2, 0) is 19.0 Å². The van der Waals surface area contributed by atoms with Crippen molar-refractivity contribution in [3.05, 3.63) is 35.8 Å². The average molecular weight is 287 g/mol. The van der Waals surface area contributed by atoms with Gasteiger partial charge in [-0.3, -0.25) is 4.68 Å². The van der Waals surface area contributed by atoms with Crippen molar-refractivity contribution >= 4 is 11.5 Å². The summed E-state index contributed by atoms with van der Waals surface area (Å²) in [7, 11) is 5.96. The number of pyridine rings is 1. The van der Waals surface area contributed by atoms with Crippen molar-refractivity contribution in [2.75, 3.05) is 24.3 Å². The summed E-state index contributed by atoms with van der Waals surface area (Å²) in [5.41, 5.74) is 3.43. The topological polar surface area (TPSA) is 46.0 Å². The molecule has 0 amide bonds. The van der Waals surface area contributed by atoms with Crippen LogP contribution in [-0.4, -0.2) is 28.9 Å². The number of hydrogen-bond acceptors (Lipinski definition) is 4. The summed E-state index contributed by atoms with van der Waals surface area (Å²) in [6.07, 6.45) is 3.89. The highest BCUT2D eigenvalue weighted by Crippen LogP contribution is 2.26. The summed E-state index contributed by atoms with van der Waals surface area (Å²) < 4.78 is 1.88. The first-order valence-electron chi connectivity index (χ1n) is 7.18. The molecule has 2 aromatic rings. The molecule has 0 fully saturated rings. The largest absolute Gasteiger partial charge is 0.378 e. The summed E-state index contributed by atoms with van der Waals surface area (Å²) in [6, 6.07) is 4.00. The Morgan fingerprint density at radius 3 is 2.62 bits per heavy atom. The first kappa shape index (κ1) is 15.4. The second-order valence-corrected chi connectivity index (χ2v) is 6.55. The molecular formula is C16H25N5. The van der Waals surface area contributed by atoms with Gasteiger partial charge in [0.15, 0.2) is 5.82 Å². The fourth-order valence-corrected chi connectivity index (χ4v) is 2.38. The van der Waals surface area contributed by atoms with Gasteiger partial charge in [0.25, 0.3) is 0 Å². The van der Waals surface area contributed by atoms with Gasteiger partial charge in [0.2, 0.25) is 0 Å². The molecule has 5 heteroatoms. The molecule has 21 heavy (non-hydrogen) atoms. The summed E-state index contributed by atoms with van der Waals surface area (Å²) in [4.78, 5) is 6.42. The minimum absolute atomic E-state index is 0.0393. The molecule has 114 valence electrons. The van der Waals surface area contributed by atoms with Gasteiger partial charge < -0.3 is 10.2 Å². The Morgan fingerprint density at radius 1 is 1.29 bits per heavy atom. The normalized spacial score (nSPS) is 11.5. The van der Waals surface area contributed by atoms with Crippen molar-refractivity contribution in [1.82, 2.24) is 14.8 Å². The highest BCUT2D eigenvalue weighted by molar-refractivity contribution is 5.64. The molecule has 0 saturated heterocycles. The Labute approximate surface area is 127 Å². The van der Waals surface area contributed by atoms with Crippen LogP contribution in [0, 0.1) is 0 Å². The molecule has 0 aliphatic rings. The molecule has 2 aromatic heterocycles. The monoisotopic (exact) mass is 287 g/mol. The van der Waals surface area contributed by atoms with E-state index >= 15 is 0 Å². The molecule has 5 nitrogen and oxygen atoms in total. The molecule has 0 bridgehead atoms. The zero-order valence-electron chi connectivity index (χ0n) is 13.8. The Balaban J connectivity index is 2.22. The Morgan fingerprint density at radius 2 is 2.00 bits per heavy atom. The van der Waals surface area contributed by atoms with Crippen LogP contribution in [0.1, 0.15) is 32.0 Å². The van der Waals surface area contributed by atoms with Crippen LogP contribution < -0.4 is 10.2 Å². The van der Waals surface area contributed by atoms with Crippen LogP contribution in [0.2, 0.25) is 0 Å². The molecule has 0 aliphatic carbocycles. The zero-order valence-corrected chi connectivity index (χ0v) is 13.8. The molecule has 0 radical (unpaired) electrons. The number of aromatic nitrogens is 3. The lowest BCUT2D eigenvalue weighted by Crippen LogP contribution is -2.17. The first-order valence-corrected chi connectivity index (χ1v) is 7.18. The lowest BCUT2D eigenvalue weighted by atomic mass is 9.89. The van der Waals surface area contributed by atoms with Crippen LogP contribution >= 0.6 is 0 Å². The summed E-state index contributed by atoms with van der Waals surface area (Å²) in [5.74, 6) is 0.943. The van der Waals surface area contributed by atoms with Crippen molar-refractivity contribution in [1.29, 1.82) is 0 Å². The van der Waals surface area contributed by atoms with Gasteiger partial charge in [-0.15, -0.1) is 0 Å². The fourth-order valence-electron chi connectivity index (χ4n) is 2.38. The van der Waals surface area contributed by atoms with Crippen LogP contribution in [0.3, 0.4) is 0 Å². The second-order valence-electron chi connectivity index (χ2n) is 6.55. The maximum Gasteiger partial charge on any atom is 0.151 e. The number of aryl methyl sites for hydroxylation is 1. The first-order chi connectivity index (χ1) is 9.79. The summed E-state index contributed by atoms with van der Waals surface area (Å²) in [5, 5.41) is 8.08. The van der Waals surface area contributed by atoms with Gasteiger partial charge in [0.05, 0.1) is 11.4 Å². The SMILES string of the molecule is CN(C)c1ncccc1NCc1cn(C)nc1C(C)(C)C. The minimum atomic E-state index is 0.0393. The lowest BCUT2D eigenvalue weighted by Gasteiger charge is -2.19. The van der Waals surface area contributed by atoms with Crippen molar-refractivity contribution in [3.63, 3.8) is 0 Å². The van der Waals surface area contributed by atoms with E-state index in [1.54, 1.807) is 0 Å². The Hall–Kier alpha value is -2.04. The maximum atomic E-state index is 4.60. The second kappa shape index (κ2) is 5.76. The fraction of sp³-hybridized carbons (Fsp3) is 0.500. The number of nitrogens with zero attached hydrogens (tertiary/aromatic N) is 4. The Kier molecular flexibility index (Phi) is 4.21. The van der Waals surface area contributed by atoms with Gasteiger partial charge in [0, 0.05) is 51.1 Å². The van der Waals surface area contributed by atoms with Gasteiger partial charge in [-0.2, -0.15) is 5.10 Å². The molecular weight excluding hydrogens is 262 g/mol. The highest BCUT2D eigenvalue weighted by Gasteiger charge is 2.21. The number of hydrogen-bond donors (Lipinski definition) is 1. The number of nitrogens with one attached hydrogen (secondary N) is 1. The predicted molar refractivity (Wildman–Crippen MR) is 87.8 cm³/mol. The van der Waals surface area contributed by atoms with Crippen LogP contribution in [0.4, 0.5) is 11.5 Å². The van der Waals surface area contributed by atoms with E-state index in [4.69, 9.17) is 0 Å². The smallest absolute Gasteiger partial charge is 0.151 e. The quantitative estimate of drug-likeness (QED) is 0.939. The molecule has 2 heterocycles. The van der Waals surface area contributed by atoms with Gasteiger partial charge in [0.1, 0.15) is 0 Å². The van der Waals surface area contributed by atoms with Gasteiger partial charge in [-0.05, 0) is 12.1 Å². The van der Waals surface area contributed by atoms with E-state index < -0.39 is 0 Å². The highest BCUT2D eigenvalue weighted by atomic mass is 15.3. The van der Waals surface area contributed by atoms with Crippen LogP contribution in [0.25, 0.3) is 0 Å². The van der Waals surface area contributed by atoms with E-state index in [2.05, 4.69) is 48.4 Å². The third kappa shape index (κ3) is 3.54. The summed E-state index contributed by atoms with van der Waals surface area (Å²) in [6.45, 7) is 7.31. The molecule has 0 aliphatic heterocycles. The Bertz CT molecular complexity index is 607. The van der Waals surface area contributed by atoms with Crippen molar-refractivity contribution in [3.8, 4) is 0 Å². The zero-order chi connectivity index (χ0) is 15.6. The van der Waals surface area contributed by atoms with E-state index in [0.717, 1.165) is 23.7 Å². The molecule has 1 N–H and O–H groups in total. The molecule has 0 saturated carbocycles. The van der Waals surface area contributed by atoms with E-state index in [9.17, 15) is 0 Å². The maximum absolute atomic E-state index is 4.60. The molecule has 2 rings (SSSR count). The van der Waals surface area contributed by atoms with Crippen molar-refractivity contribution < 1.29 is 0 Å². The van der Waals surface area contributed by atoms with Crippen LogP contribution in [0.15, 0.2) is 24.5 Å². The minimum Gasteiger partial charge on any atom is -0.378 e. The number of anilines is 2. The molecule has 0 spiro atoms. The molecule has 0 unspecified atom stereocenters. The van der Waals surface area contributed by atoms with E-state index in [1.807, 2.05) is 43.0 Å². The molecule has 0 atom stereocenters. The lowest BCUT2D eigenvalue weighted by molar-refractivity contribution is 0.549. The standard InChI is InChI=1S/C16H25N5/c1-16(2,3)14-12(11-21(6)19-14)10-18-13-8-7-9-17-15(13)20(4)5/h7-9,11,18H,10H2,1-6H3. The van der Waals surface area contributed by atoms with Crippen molar-refractivity contribution in [2.45, 2.75) is 32.7 Å². The third-order valence-corrected chi connectivity index (χ3v) is 3.29. The van der Waals surface area contributed by atoms with Crippen molar-refractivity contribution in [2.24, 2.45) is 7.05 Å². The van der Waals surface area contributed by atoms with E-state index in [0.29, 0.717) is 0 Å². The average Bonchev–Trinajstić information content (AvgIpc) is 2.78.